The molecular weight excluding hydrogens is 440 g/mol. The number of aryl methyl sites for hydroxylation is 1. The van der Waals surface area contributed by atoms with Crippen molar-refractivity contribution in [1.82, 2.24) is 14.8 Å². The van der Waals surface area contributed by atoms with Gasteiger partial charge < -0.3 is 4.90 Å². The number of benzene rings is 2. The van der Waals surface area contributed by atoms with E-state index in [0.717, 1.165) is 57.5 Å². The summed E-state index contributed by atoms with van der Waals surface area (Å²) in [5.74, 6) is 0. The van der Waals surface area contributed by atoms with Crippen molar-refractivity contribution in [1.29, 1.82) is 0 Å². The Labute approximate surface area is 195 Å². The average molecular weight is 471 g/mol. The van der Waals surface area contributed by atoms with Gasteiger partial charge in [0, 0.05) is 31.6 Å². The number of hydrogen-bond acceptors (Lipinski definition) is 6. The molecule has 1 aliphatic rings. The second-order valence-electron chi connectivity index (χ2n) is 8.22. The van der Waals surface area contributed by atoms with Gasteiger partial charge in [-0.2, -0.15) is 0 Å². The lowest BCUT2D eigenvalue weighted by Gasteiger charge is -2.39. The van der Waals surface area contributed by atoms with Gasteiger partial charge in [-0.25, -0.2) is 13.4 Å². The van der Waals surface area contributed by atoms with Crippen molar-refractivity contribution in [2.75, 3.05) is 43.7 Å². The Morgan fingerprint density at radius 1 is 0.969 bits per heavy atom. The van der Waals surface area contributed by atoms with Crippen LogP contribution in [-0.2, 0) is 16.4 Å². The summed E-state index contributed by atoms with van der Waals surface area (Å²) in [5, 5.41) is 2.39. The van der Waals surface area contributed by atoms with Gasteiger partial charge in [-0.15, -0.1) is 11.3 Å². The highest BCUT2D eigenvalue weighted by Gasteiger charge is 2.26. The minimum Gasteiger partial charge on any atom is -0.301 e. The van der Waals surface area contributed by atoms with Crippen molar-refractivity contribution in [3.05, 3.63) is 82.9 Å². The monoisotopic (exact) mass is 470 g/mol. The fourth-order valence-electron chi connectivity index (χ4n) is 4.24. The van der Waals surface area contributed by atoms with Gasteiger partial charge in [-0.3, -0.25) is 9.62 Å². The number of nitrogens with one attached hydrogen (secondary N) is 1. The topological polar surface area (TPSA) is 65.5 Å². The van der Waals surface area contributed by atoms with Crippen molar-refractivity contribution in [3.63, 3.8) is 0 Å². The van der Waals surface area contributed by atoms with E-state index in [-0.39, 0.29) is 6.04 Å². The number of rotatable bonds is 9. The Kier molecular flexibility index (Phi) is 7.57. The summed E-state index contributed by atoms with van der Waals surface area (Å²) in [6.45, 7) is 5.20. The fourth-order valence-corrected chi connectivity index (χ4v) is 5.84. The summed E-state index contributed by atoms with van der Waals surface area (Å²) in [7, 11) is -3.27. The number of anilines is 1. The minimum absolute atomic E-state index is 0.287. The molecule has 0 spiro atoms. The quantitative estimate of drug-likeness (QED) is 0.515. The summed E-state index contributed by atoms with van der Waals surface area (Å²) in [6.07, 6.45) is 3.02. The van der Waals surface area contributed by atoms with Crippen LogP contribution < -0.4 is 4.72 Å². The van der Waals surface area contributed by atoms with Gasteiger partial charge in [-0.05, 0) is 30.5 Å². The molecule has 3 aromatic rings. The van der Waals surface area contributed by atoms with E-state index in [9.17, 15) is 8.42 Å². The highest BCUT2D eigenvalue weighted by Crippen LogP contribution is 2.29. The van der Waals surface area contributed by atoms with Crippen LogP contribution in [-0.4, -0.2) is 62.2 Å². The van der Waals surface area contributed by atoms with E-state index in [1.165, 1.54) is 22.5 Å². The van der Waals surface area contributed by atoms with E-state index < -0.39 is 10.0 Å². The van der Waals surface area contributed by atoms with E-state index in [2.05, 4.69) is 80.2 Å². The summed E-state index contributed by atoms with van der Waals surface area (Å²) in [5.41, 5.74) is 3.64. The first-order valence-corrected chi connectivity index (χ1v) is 13.7. The third-order valence-electron chi connectivity index (χ3n) is 5.73. The SMILES string of the molecule is CS(=O)(=O)Nc1nc(CCCN2CCN(C(c3ccccc3)c3ccccc3)CC2)cs1. The maximum Gasteiger partial charge on any atom is 0.231 e. The number of aromatic nitrogens is 1. The summed E-state index contributed by atoms with van der Waals surface area (Å²) >= 11 is 1.34. The molecule has 2 aromatic carbocycles. The van der Waals surface area contributed by atoms with Crippen LogP contribution in [0.3, 0.4) is 0 Å². The smallest absolute Gasteiger partial charge is 0.231 e. The number of thiazole rings is 1. The number of sulfonamides is 1. The van der Waals surface area contributed by atoms with E-state index in [1.54, 1.807) is 0 Å². The van der Waals surface area contributed by atoms with E-state index in [1.807, 2.05) is 5.38 Å². The second-order valence-corrected chi connectivity index (χ2v) is 10.8. The first kappa shape index (κ1) is 22.9. The molecule has 1 fully saturated rings. The van der Waals surface area contributed by atoms with Gasteiger partial charge in [0.1, 0.15) is 0 Å². The molecule has 1 aromatic heterocycles. The Bertz CT molecular complexity index is 1040. The van der Waals surface area contributed by atoms with Gasteiger partial charge in [0.15, 0.2) is 5.13 Å². The van der Waals surface area contributed by atoms with Crippen molar-refractivity contribution >= 4 is 26.5 Å². The third kappa shape index (κ3) is 6.38. The Balaban J connectivity index is 1.29. The lowest BCUT2D eigenvalue weighted by Crippen LogP contribution is -2.48. The molecule has 1 N–H and O–H groups in total. The lowest BCUT2D eigenvalue weighted by molar-refractivity contribution is 0.108. The van der Waals surface area contributed by atoms with E-state index in [0.29, 0.717) is 5.13 Å². The number of piperazine rings is 1. The largest absolute Gasteiger partial charge is 0.301 e. The van der Waals surface area contributed by atoms with Crippen LogP contribution in [0.15, 0.2) is 66.0 Å². The fraction of sp³-hybridized carbons (Fsp3) is 0.375. The van der Waals surface area contributed by atoms with Crippen molar-refractivity contribution in [2.24, 2.45) is 0 Å². The van der Waals surface area contributed by atoms with Crippen molar-refractivity contribution in [3.8, 4) is 0 Å². The molecule has 8 heteroatoms. The molecule has 0 unspecified atom stereocenters. The zero-order valence-electron chi connectivity index (χ0n) is 18.4. The number of hydrogen-bond donors (Lipinski definition) is 1. The zero-order valence-corrected chi connectivity index (χ0v) is 20.0. The second kappa shape index (κ2) is 10.6. The normalized spacial score (nSPS) is 15.8. The Hall–Kier alpha value is -2.26. The molecule has 1 aliphatic heterocycles. The molecule has 170 valence electrons. The van der Waals surface area contributed by atoms with Crippen LogP contribution in [0.4, 0.5) is 5.13 Å². The molecule has 4 rings (SSSR count). The van der Waals surface area contributed by atoms with Gasteiger partial charge in [0.05, 0.1) is 18.0 Å². The molecule has 2 heterocycles. The van der Waals surface area contributed by atoms with Crippen LogP contribution in [0, 0.1) is 0 Å². The predicted molar refractivity (Wildman–Crippen MR) is 132 cm³/mol. The van der Waals surface area contributed by atoms with Crippen molar-refractivity contribution in [2.45, 2.75) is 18.9 Å². The molecule has 0 aliphatic carbocycles. The Morgan fingerprint density at radius 3 is 2.12 bits per heavy atom. The van der Waals surface area contributed by atoms with Crippen LogP contribution >= 0.6 is 11.3 Å². The number of nitrogens with zero attached hydrogens (tertiary/aromatic N) is 3. The molecule has 0 amide bonds. The van der Waals surface area contributed by atoms with Gasteiger partial charge in [-0.1, -0.05) is 60.7 Å². The molecule has 0 bridgehead atoms. The summed E-state index contributed by atoms with van der Waals surface area (Å²) < 4.78 is 25.1. The van der Waals surface area contributed by atoms with Crippen molar-refractivity contribution < 1.29 is 8.42 Å². The highest BCUT2D eigenvalue weighted by molar-refractivity contribution is 7.92. The maximum atomic E-state index is 11.3. The first-order chi connectivity index (χ1) is 15.5. The van der Waals surface area contributed by atoms with Gasteiger partial charge in [0.25, 0.3) is 0 Å². The lowest BCUT2D eigenvalue weighted by atomic mass is 9.96. The molecule has 6 nitrogen and oxygen atoms in total. The molecule has 32 heavy (non-hydrogen) atoms. The third-order valence-corrected chi connectivity index (χ3v) is 7.23. The van der Waals surface area contributed by atoms with Gasteiger partial charge in [0.2, 0.25) is 10.0 Å². The van der Waals surface area contributed by atoms with E-state index in [4.69, 9.17) is 0 Å². The molecule has 0 saturated carbocycles. The standard InChI is InChI=1S/C24H30N4O2S2/c1-32(29,30)26-24-25-22(19-31-24)13-8-14-27-15-17-28(18-16-27)23(20-9-4-2-5-10-20)21-11-6-3-7-12-21/h2-7,9-12,19,23H,8,13-18H2,1H3,(H,25,26). The molecule has 0 radical (unpaired) electrons. The van der Waals surface area contributed by atoms with Crippen LogP contribution in [0.1, 0.15) is 29.3 Å². The van der Waals surface area contributed by atoms with Crippen LogP contribution in [0.2, 0.25) is 0 Å². The molecular formula is C24H30N4O2S2. The van der Waals surface area contributed by atoms with Gasteiger partial charge >= 0.3 is 0 Å². The van der Waals surface area contributed by atoms with Crippen LogP contribution in [0.5, 0.6) is 0 Å². The summed E-state index contributed by atoms with van der Waals surface area (Å²) in [6, 6.07) is 21.8. The molecule has 0 atom stereocenters. The first-order valence-electron chi connectivity index (χ1n) is 11.0. The average Bonchev–Trinajstić information content (AvgIpc) is 3.22. The molecule has 1 saturated heterocycles. The summed E-state index contributed by atoms with van der Waals surface area (Å²) in [4.78, 5) is 9.49. The van der Waals surface area contributed by atoms with E-state index >= 15 is 0 Å². The predicted octanol–water partition coefficient (Wildman–Crippen LogP) is 3.85. The van der Waals surface area contributed by atoms with Crippen LogP contribution in [0.25, 0.3) is 0 Å². The zero-order chi connectivity index (χ0) is 22.4. The highest BCUT2D eigenvalue weighted by atomic mass is 32.2. The minimum atomic E-state index is -3.27. The Morgan fingerprint density at radius 2 is 1.56 bits per heavy atom. The maximum absolute atomic E-state index is 11.3.